The molecule has 0 aromatic heterocycles. The monoisotopic (exact) mass is 441 g/mol. The molecule has 2 rings (SSSR count). The first-order chi connectivity index (χ1) is 12.2. The number of nitrogens with zero attached hydrogens (tertiary/aromatic N) is 1. The molecule has 3 atom stereocenters. The average molecular weight is 442 g/mol. The van der Waals surface area contributed by atoms with E-state index in [0.29, 0.717) is 24.9 Å². The second-order valence-corrected chi connectivity index (χ2v) is 8.45. The second kappa shape index (κ2) is 8.81. The van der Waals surface area contributed by atoms with Gasteiger partial charge in [0.2, 0.25) is 5.91 Å². The van der Waals surface area contributed by atoms with Crippen molar-refractivity contribution >= 4 is 50.5 Å². The van der Waals surface area contributed by atoms with Gasteiger partial charge in [-0.2, -0.15) is 0 Å². The lowest BCUT2D eigenvalue weighted by Crippen LogP contribution is -2.46. The molecule has 0 spiro atoms. The maximum Gasteiger partial charge on any atom is 0.326 e. The molecule has 0 radical (unpaired) electrons. The first-order valence-electron chi connectivity index (χ1n) is 8.22. The molecule has 1 aliphatic rings. The van der Waals surface area contributed by atoms with Crippen molar-refractivity contribution in [2.75, 3.05) is 6.54 Å². The van der Waals surface area contributed by atoms with Gasteiger partial charge in [-0.3, -0.25) is 14.4 Å². The Morgan fingerprint density at radius 3 is 2.38 bits per heavy atom. The number of Topliss-reactive ketones (excluding diaryl/α,β-unsaturated/α-hetero) is 1. The molecule has 8 heteroatoms. The number of amides is 1. The van der Waals surface area contributed by atoms with Crippen LogP contribution in [0.25, 0.3) is 0 Å². The summed E-state index contributed by atoms with van der Waals surface area (Å²) in [5, 5.41) is 8.13. The Morgan fingerprint density at radius 2 is 1.85 bits per heavy atom. The number of halogens is 1. The van der Waals surface area contributed by atoms with E-state index in [2.05, 4.69) is 15.9 Å². The number of carbonyl (C=O) groups excluding carboxylic acids is 3. The summed E-state index contributed by atoms with van der Waals surface area (Å²) < 4.78 is 0.815. The minimum Gasteiger partial charge on any atom is -0.480 e. The number of ketones is 1. The summed E-state index contributed by atoms with van der Waals surface area (Å²) in [7, 11) is 0. The predicted octanol–water partition coefficient (Wildman–Crippen LogP) is 2.99. The van der Waals surface area contributed by atoms with Crippen LogP contribution in [-0.2, 0) is 14.4 Å². The van der Waals surface area contributed by atoms with Crippen molar-refractivity contribution in [3.63, 3.8) is 0 Å². The number of carbonyl (C=O) groups is 4. The zero-order chi connectivity index (χ0) is 19.4. The highest BCUT2D eigenvalue weighted by Gasteiger charge is 2.40. The Balaban J connectivity index is 2.26. The first-order valence-corrected chi connectivity index (χ1v) is 9.90. The van der Waals surface area contributed by atoms with Crippen LogP contribution >= 0.6 is 27.7 Å². The van der Waals surface area contributed by atoms with E-state index in [4.69, 9.17) is 0 Å². The molecule has 0 unspecified atom stereocenters. The highest BCUT2D eigenvalue weighted by atomic mass is 79.9. The van der Waals surface area contributed by atoms with Crippen LogP contribution in [0.1, 0.15) is 37.0 Å². The molecule has 1 aliphatic heterocycles. The lowest BCUT2D eigenvalue weighted by atomic mass is 9.97. The second-order valence-electron chi connectivity index (χ2n) is 6.22. The summed E-state index contributed by atoms with van der Waals surface area (Å²) in [5.74, 6) is -2.57. The van der Waals surface area contributed by atoms with Crippen molar-refractivity contribution in [2.45, 2.75) is 38.0 Å². The predicted molar refractivity (Wildman–Crippen MR) is 102 cm³/mol. The number of aliphatic carboxylic acids is 1. The van der Waals surface area contributed by atoms with Crippen molar-refractivity contribution in [1.82, 2.24) is 4.90 Å². The zero-order valence-corrected chi connectivity index (χ0v) is 16.9. The van der Waals surface area contributed by atoms with Gasteiger partial charge in [0, 0.05) is 23.5 Å². The molecule has 1 saturated heterocycles. The molecule has 0 saturated carbocycles. The van der Waals surface area contributed by atoms with Gasteiger partial charge >= 0.3 is 5.97 Å². The van der Waals surface area contributed by atoms with E-state index in [0.717, 1.165) is 16.2 Å². The number of hydrogen-bond donors (Lipinski definition) is 1. The molecule has 1 N–H and O–H groups in total. The van der Waals surface area contributed by atoms with E-state index in [1.165, 1.54) is 11.8 Å². The Bertz CT molecular complexity index is 721. The van der Waals surface area contributed by atoms with Crippen LogP contribution < -0.4 is 0 Å². The molecule has 0 aliphatic carbocycles. The van der Waals surface area contributed by atoms with E-state index < -0.39 is 29.1 Å². The molecule has 1 aromatic rings. The van der Waals surface area contributed by atoms with Crippen LogP contribution in [0, 0.1) is 5.92 Å². The van der Waals surface area contributed by atoms with Crippen molar-refractivity contribution < 1.29 is 24.3 Å². The van der Waals surface area contributed by atoms with E-state index in [9.17, 15) is 24.3 Å². The lowest BCUT2D eigenvalue weighted by molar-refractivity contribution is -0.149. The fraction of sp³-hybridized carbons (Fsp3) is 0.444. The molecular weight excluding hydrogens is 422 g/mol. The van der Waals surface area contributed by atoms with Crippen molar-refractivity contribution in [3.05, 3.63) is 34.3 Å². The molecule has 6 nitrogen and oxygen atoms in total. The minimum absolute atomic E-state index is 0.267. The Labute approximate surface area is 164 Å². The van der Waals surface area contributed by atoms with Crippen LogP contribution in [0.15, 0.2) is 28.7 Å². The highest BCUT2D eigenvalue weighted by Crippen LogP contribution is 2.29. The molecular formula is C18H20BrNO5S. The number of benzene rings is 1. The van der Waals surface area contributed by atoms with Crippen LogP contribution in [0.3, 0.4) is 0 Å². The number of rotatable bonds is 6. The third-order valence-electron chi connectivity index (χ3n) is 4.34. The summed E-state index contributed by atoms with van der Waals surface area (Å²) in [6, 6.07) is 5.84. The molecule has 26 heavy (non-hydrogen) atoms. The fourth-order valence-electron chi connectivity index (χ4n) is 3.02. The van der Waals surface area contributed by atoms with Crippen molar-refractivity contribution in [1.29, 1.82) is 0 Å². The van der Waals surface area contributed by atoms with Crippen molar-refractivity contribution in [2.24, 2.45) is 5.92 Å². The van der Waals surface area contributed by atoms with Crippen LogP contribution in [0.5, 0.6) is 0 Å². The van der Waals surface area contributed by atoms with E-state index in [1.54, 1.807) is 31.2 Å². The summed E-state index contributed by atoms with van der Waals surface area (Å²) in [6.07, 6.45) is 1.01. The van der Waals surface area contributed by atoms with Gasteiger partial charge in [0.1, 0.15) is 6.04 Å². The number of likely N-dealkylation sites (tertiary alicyclic amines) is 1. The van der Waals surface area contributed by atoms with Crippen LogP contribution in [-0.4, -0.2) is 50.6 Å². The summed E-state index contributed by atoms with van der Waals surface area (Å²) in [5.41, 5.74) is 0.405. The number of thioether (sulfide) groups is 1. The maximum atomic E-state index is 12.9. The van der Waals surface area contributed by atoms with Gasteiger partial charge < -0.3 is 10.0 Å². The molecule has 1 aromatic carbocycles. The summed E-state index contributed by atoms with van der Waals surface area (Å²) in [6.45, 7) is 3.28. The van der Waals surface area contributed by atoms with Gasteiger partial charge in [0.15, 0.2) is 10.9 Å². The van der Waals surface area contributed by atoms with E-state index in [1.807, 2.05) is 0 Å². The Morgan fingerprint density at radius 1 is 1.23 bits per heavy atom. The fourth-order valence-corrected chi connectivity index (χ4v) is 4.20. The normalized spacial score (nSPS) is 19.0. The number of hydrogen-bond acceptors (Lipinski definition) is 5. The molecule has 1 amide bonds. The van der Waals surface area contributed by atoms with Gasteiger partial charge in [-0.25, -0.2) is 4.79 Å². The van der Waals surface area contributed by atoms with Gasteiger partial charge in [-0.1, -0.05) is 46.7 Å². The largest absolute Gasteiger partial charge is 0.480 e. The van der Waals surface area contributed by atoms with Gasteiger partial charge in [0.05, 0.1) is 11.2 Å². The van der Waals surface area contributed by atoms with Gasteiger partial charge in [0.25, 0.3) is 0 Å². The highest BCUT2D eigenvalue weighted by molar-refractivity contribution is 9.10. The molecule has 1 fully saturated rings. The quantitative estimate of drug-likeness (QED) is 0.682. The third-order valence-corrected chi connectivity index (χ3v) is 6.08. The third kappa shape index (κ3) is 4.73. The molecule has 1 heterocycles. The van der Waals surface area contributed by atoms with Gasteiger partial charge in [-0.15, -0.1) is 0 Å². The summed E-state index contributed by atoms with van der Waals surface area (Å²) in [4.78, 5) is 50.1. The standard InChI is InChI=1S/C18H20BrNO5S/c1-10(17(23)20-9-3-4-14(20)18(24)25)16(26-11(2)21)15(22)12-5-7-13(19)8-6-12/h5-8,10,14,16H,3-4,9H2,1-2H3,(H,24,25)/t10-,14+,16+/m1/s1. The number of carboxylic acids is 1. The SMILES string of the molecule is CC(=O)S[C@H](C(=O)c1ccc(Br)cc1)[C@@H](C)C(=O)N1CCC[C@H]1C(=O)O. The molecule has 0 bridgehead atoms. The first kappa shape index (κ1) is 20.6. The summed E-state index contributed by atoms with van der Waals surface area (Å²) >= 11 is 4.12. The van der Waals surface area contributed by atoms with Gasteiger partial charge in [-0.05, 0) is 25.0 Å². The molecule has 140 valence electrons. The lowest BCUT2D eigenvalue weighted by Gasteiger charge is -2.28. The number of carboxylic acid groups (broad SMARTS) is 1. The van der Waals surface area contributed by atoms with Crippen LogP contribution in [0.2, 0.25) is 0 Å². The minimum atomic E-state index is -1.04. The van der Waals surface area contributed by atoms with E-state index in [-0.39, 0.29) is 10.9 Å². The maximum absolute atomic E-state index is 12.9. The topological polar surface area (TPSA) is 91.8 Å². The smallest absolute Gasteiger partial charge is 0.326 e. The Hall–Kier alpha value is -1.67. The Kier molecular flexibility index (Phi) is 7.00. The average Bonchev–Trinajstić information content (AvgIpc) is 3.08. The zero-order valence-electron chi connectivity index (χ0n) is 14.5. The van der Waals surface area contributed by atoms with Crippen LogP contribution in [0.4, 0.5) is 0 Å². The van der Waals surface area contributed by atoms with E-state index >= 15 is 0 Å². The van der Waals surface area contributed by atoms with Crippen molar-refractivity contribution in [3.8, 4) is 0 Å².